The number of hydrogen-bond acceptors (Lipinski definition) is 4. The van der Waals surface area contributed by atoms with Crippen molar-refractivity contribution in [2.75, 3.05) is 11.9 Å². The highest BCUT2D eigenvalue weighted by atomic mass is 32.2. The Morgan fingerprint density at radius 3 is 2.57 bits per heavy atom. The number of aryl methyl sites for hydroxylation is 1. The summed E-state index contributed by atoms with van der Waals surface area (Å²) in [5, 5.41) is 2.71. The molecular weight excluding hydrogens is 314 g/mol. The Hall–Kier alpha value is -2.67. The number of anilines is 1. The van der Waals surface area contributed by atoms with E-state index in [4.69, 9.17) is 0 Å². The van der Waals surface area contributed by atoms with E-state index in [-0.39, 0.29) is 23.2 Å². The summed E-state index contributed by atoms with van der Waals surface area (Å²) in [7, 11) is -3.58. The third kappa shape index (κ3) is 3.24. The number of nitrogens with zero attached hydrogens (tertiary/aromatic N) is 1. The lowest BCUT2D eigenvalue weighted by molar-refractivity contribution is -0.114. The lowest BCUT2D eigenvalue weighted by Gasteiger charge is -2.04. The van der Waals surface area contributed by atoms with Crippen molar-refractivity contribution < 1.29 is 13.2 Å². The third-order valence-electron chi connectivity index (χ3n) is 3.38. The van der Waals surface area contributed by atoms with Gasteiger partial charge >= 0.3 is 0 Å². The molecule has 0 fully saturated rings. The topological polar surface area (TPSA) is 87.6 Å². The quantitative estimate of drug-likeness (QED) is 0.898. The Morgan fingerprint density at radius 1 is 1.13 bits per heavy atom. The molecule has 0 spiro atoms. The van der Waals surface area contributed by atoms with Gasteiger partial charge in [-0.25, -0.2) is 8.42 Å². The minimum atomic E-state index is -3.58. The number of benzene rings is 2. The monoisotopic (exact) mass is 329 g/mol. The first-order valence-corrected chi connectivity index (χ1v) is 8.47. The van der Waals surface area contributed by atoms with Gasteiger partial charge in [-0.2, -0.15) is 0 Å². The van der Waals surface area contributed by atoms with Crippen LogP contribution in [0.3, 0.4) is 0 Å². The molecule has 1 aliphatic rings. The lowest BCUT2D eigenvalue weighted by Crippen LogP contribution is -2.24. The summed E-state index contributed by atoms with van der Waals surface area (Å²) in [6, 6.07) is 13.9. The fourth-order valence-electron chi connectivity index (χ4n) is 2.24. The molecule has 0 saturated heterocycles. The average Bonchev–Trinajstić information content (AvgIpc) is 2.79. The molecule has 2 aromatic rings. The summed E-state index contributed by atoms with van der Waals surface area (Å²) in [5.74, 6) is -0.121. The number of aliphatic imine (C=N–C) groups is 1. The Kier molecular flexibility index (Phi) is 3.87. The summed E-state index contributed by atoms with van der Waals surface area (Å²) in [4.78, 5) is 16.2. The highest BCUT2D eigenvalue weighted by Crippen LogP contribution is 2.22. The summed E-state index contributed by atoms with van der Waals surface area (Å²) < 4.78 is 26.2. The van der Waals surface area contributed by atoms with Crippen LogP contribution in [0.1, 0.15) is 11.1 Å². The van der Waals surface area contributed by atoms with Gasteiger partial charge in [-0.15, -0.1) is 0 Å². The van der Waals surface area contributed by atoms with Crippen molar-refractivity contribution in [3.8, 4) is 0 Å². The molecule has 0 unspecified atom stereocenters. The van der Waals surface area contributed by atoms with Crippen LogP contribution in [-0.4, -0.2) is 26.7 Å². The fraction of sp³-hybridized carbons (Fsp3) is 0.125. The molecule has 118 valence electrons. The molecule has 0 saturated carbocycles. The predicted octanol–water partition coefficient (Wildman–Crippen LogP) is 1.67. The molecule has 23 heavy (non-hydrogen) atoms. The van der Waals surface area contributed by atoms with E-state index in [0.717, 1.165) is 5.56 Å². The molecule has 0 radical (unpaired) electrons. The van der Waals surface area contributed by atoms with Gasteiger partial charge in [0.05, 0.1) is 4.90 Å². The van der Waals surface area contributed by atoms with Crippen LogP contribution in [0.5, 0.6) is 0 Å². The molecule has 0 aromatic heterocycles. The van der Waals surface area contributed by atoms with Gasteiger partial charge in [0.1, 0.15) is 12.4 Å². The van der Waals surface area contributed by atoms with Crippen LogP contribution < -0.4 is 10.0 Å². The maximum Gasteiger partial charge on any atom is 0.263 e. The van der Waals surface area contributed by atoms with Crippen molar-refractivity contribution in [3.63, 3.8) is 0 Å². The summed E-state index contributed by atoms with van der Waals surface area (Å²) in [6.45, 7) is 1.79. The first-order chi connectivity index (χ1) is 11.0. The van der Waals surface area contributed by atoms with Gasteiger partial charge in [0.15, 0.2) is 0 Å². The molecule has 1 amide bonds. The maximum absolute atomic E-state index is 11.9. The highest BCUT2D eigenvalue weighted by molar-refractivity contribution is 7.90. The summed E-state index contributed by atoms with van der Waals surface area (Å²) in [5.41, 5.74) is 2.25. The van der Waals surface area contributed by atoms with Crippen LogP contribution >= 0.6 is 0 Å². The first-order valence-electron chi connectivity index (χ1n) is 6.99. The van der Waals surface area contributed by atoms with Crippen LogP contribution in [0.4, 0.5) is 5.69 Å². The molecule has 2 aromatic carbocycles. The Labute approximate surface area is 134 Å². The van der Waals surface area contributed by atoms with Crippen molar-refractivity contribution in [1.82, 2.24) is 4.72 Å². The molecule has 3 rings (SSSR count). The standard InChI is InChI=1S/C16H15N3O3S/c1-11-6-8-12(9-7-11)18-15(20)10-17-16-13-4-2-3-5-14(13)23(21,22)19-16/h2-9H,10H2,1H3,(H,17,19)(H,18,20). The van der Waals surface area contributed by atoms with E-state index in [2.05, 4.69) is 15.0 Å². The van der Waals surface area contributed by atoms with Gasteiger partial charge in [0, 0.05) is 11.3 Å². The number of rotatable bonds is 3. The number of fused-ring (bicyclic) bond motifs is 1. The highest BCUT2D eigenvalue weighted by Gasteiger charge is 2.30. The number of sulfonamides is 1. The zero-order chi connectivity index (χ0) is 16.4. The molecule has 0 atom stereocenters. The van der Waals surface area contributed by atoms with Crippen molar-refractivity contribution in [2.45, 2.75) is 11.8 Å². The summed E-state index contributed by atoms with van der Waals surface area (Å²) in [6.07, 6.45) is 0. The maximum atomic E-state index is 11.9. The Bertz CT molecular complexity index is 887. The molecule has 2 N–H and O–H groups in total. The van der Waals surface area contributed by atoms with Crippen molar-refractivity contribution >= 4 is 27.5 Å². The van der Waals surface area contributed by atoms with Gasteiger partial charge in [-0.1, -0.05) is 29.8 Å². The van der Waals surface area contributed by atoms with E-state index in [1.54, 1.807) is 30.3 Å². The smallest absolute Gasteiger partial charge is 0.263 e. The molecule has 0 bridgehead atoms. The predicted molar refractivity (Wildman–Crippen MR) is 88.0 cm³/mol. The zero-order valence-corrected chi connectivity index (χ0v) is 13.2. The molecule has 6 nitrogen and oxygen atoms in total. The van der Waals surface area contributed by atoms with E-state index < -0.39 is 10.0 Å². The van der Waals surface area contributed by atoms with Gasteiger partial charge < -0.3 is 5.32 Å². The molecule has 7 heteroatoms. The van der Waals surface area contributed by atoms with Gasteiger partial charge in [0.25, 0.3) is 10.0 Å². The lowest BCUT2D eigenvalue weighted by atomic mass is 10.2. The number of hydrogen-bond donors (Lipinski definition) is 2. The zero-order valence-electron chi connectivity index (χ0n) is 12.4. The van der Waals surface area contributed by atoms with Crippen molar-refractivity contribution in [3.05, 3.63) is 59.7 Å². The fourth-order valence-corrected chi connectivity index (χ4v) is 3.49. The molecular formula is C16H15N3O3S. The number of nitrogens with one attached hydrogen (secondary N) is 2. The van der Waals surface area contributed by atoms with Crippen LogP contribution in [0.2, 0.25) is 0 Å². The van der Waals surface area contributed by atoms with E-state index in [0.29, 0.717) is 11.3 Å². The molecule has 1 heterocycles. The van der Waals surface area contributed by atoms with Gasteiger partial charge in [-0.05, 0) is 31.2 Å². The van der Waals surface area contributed by atoms with Crippen LogP contribution in [-0.2, 0) is 14.8 Å². The van der Waals surface area contributed by atoms with Crippen molar-refractivity contribution in [2.24, 2.45) is 4.99 Å². The van der Waals surface area contributed by atoms with Crippen molar-refractivity contribution in [1.29, 1.82) is 0 Å². The first kappa shape index (κ1) is 15.2. The number of carbonyl (C=O) groups is 1. The molecule has 0 aliphatic carbocycles. The second kappa shape index (κ2) is 5.85. The Balaban J connectivity index is 1.74. The number of carbonyl (C=O) groups excluding carboxylic acids is 1. The van der Waals surface area contributed by atoms with Crippen LogP contribution in [0, 0.1) is 6.92 Å². The average molecular weight is 329 g/mol. The van der Waals surface area contributed by atoms with Crippen LogP contribution in [0.15, 0.2) is 58.4 Å². The van der Waals surface area contributed by atoms with E-state index >= 15 is 0 Å². The normalized spacial score (nSPS) is 16.7. The van der Waals surface area contributed by atoms with E-state index in [1.165, 1.54) is 6.07 Å². The summed E-state index contributed by atoms with van der Waals surface area (Å²) >= 11 is 0. The molecule has 1 aliphatic heterocycles. The minimum absolute atomic E-state index is 0.167. The van der Waals surface area contributed by atoms with Crippen LogP contribution in [0.25, 0.3) is 0 Å². The van der Waals surface area contributed by atoms with Gasteiger partial charge in [0.2, 0.25) is 5.91 Å². The second-order valence-corrected chi connectivity index (χ2v) is 6.83. The van der Waals surface area contributed by atoms with E-state index in [1.807, 2.05) is 19.1 Å². The Morgan fingerprint density at radius 2 is 1.83 bits per heavy atom. The SMILES string of the molecule is Cc1ccc(NC(=O)CN=C2NS(=O)(=O)c3ccccc32)cc1. The minimum Gasteiger partial charge on any atom is -0.324 e. The van der Waals surface area contributed by atoms with E-state index in [9.17, 15) is 13.2 Å². The number of amides is 1. The second-order valence-electron chi connectivity index (χ2n) is 5.18. The largest absolute Gasteiger partial charge is 0.324 e. The van der Waals surface area contributed by atoms with Gasteiger partial charge in [-0.3, -0.25) is 14.5 Å². The number of amidine groups is 1. The third-order valence-corrected chi connectivity index (χ3v) is 4.78.